The summed E-state index contributed by atoms with van der Waals surface area (Å²) >= 11 is 0. The summed E-state index contributed by atoms with van der Waals surface area (Å²) in [7, 11) is 2.10. The van der Waals surface area contributed by atoms with Crippen LogP contribution < -0.4 is 5.32 Å². The van der Waals surface area contributed by atoms with Gasteiger partial charge in [-0.2, -0.15) is 0 Å². The van der Waals surface area contributed by atoms with Crippen molar-refractivity contribution in [1.29, 1.82) is 0 Å². The highest BCUT2D eigenvalue weighted by atomic mass is 14.8. The summed E-state index contributed by atoms with van der Waals surface area (Å²) in [5.41, 5.74) is 2.69. The van der Waals surface area contributed by atoms with Crippen LogP contribution in [0, 0.1) is 17.3 Å². The molecule has 1 heterocycles. The molecule has 0 spiro atoms. The first-order chi connectivity index (χ1) is 9.24. The summed E-state index contributed by atoms with van der Waals surface area (Å²) in [6.45, 7) is 1.19. The molecule has 104 valence electrons. The zero-order valence-electron chi connectivity index (χ0n) is 12.0. The topological polar surface area (TPSA) is 27.8 Å². The first-order valence-electron chi connectivity index (χ1n) is 8.02. The molecule has 4 fully saturated rings. The van der Waals surface area contributed by atoms with E-state index in [4.69, 9.17) is 0 Å². The van der Waals surface area contributed by atoms with Crippen LogP contribution in [0.2, 0.25) is 0 Å². The lowest BCUT2D eigenvalue weighted by Gasteiger charge is -2.62. The molecule has 4 aliphatic carbocycles. The Bertz CT molecular complexity index is 434. The van der Waals surface area contributed by atoms with Gasteiger partial charge < -0.3 is 10.3 Å². The maximum Gasteiger partial charge on any atom is 0.0210 e. The van der Waals surface area contributed by atoms with E-state index in [9.17, 15) is 0 Å². The van der Waals surface area contributed by atoms with Crippen molar-refractivity contribution in [2.75, 3.05) is 13.6 Å². The molecule has 4 saturated carbocycles. The van der Waals surface area contributed by atoms with E-state index in [1.807, 2.05) is 0 Å². The molecule has 2 unspecified atom stereocenters. The molecular weight excluding hydrogens is 232 g/mol. The summed E-state index contributed by atoms with van der Waals surface area (Å²) in [6, 6.07) is 4.53. The van der Waals surface area contributed by atoms with Crippen LogP contribution in [0.5, 0.6) is 0 Å². The van der Waals surface area contributed by atoms with Crippen molar-refractivity contribution in [3.05, 3.63) is 24.0 Å². The lowest BCUT2D eigenvalue weighted by molar-refractivity contribution is -0.0768. The Balaban J connectivity index is 1.68. The van der Waals surface area contributed by atoms with Crippen LogP contribution in [0.3, 0.4) is 0 Å². The minimum Gasteiger partial charge on any atom is -0.365 e. The molecule has 4 aliphatic rings. The van der Waals surface area contributed by atoms with Crippen molar-refractivity contribution in [1.82, 2.24) is 10.3 Å². The SMILES string of the molecule is CNCCC12CC3CC(C1)CC(c1ccc[nH]1)(C3)C2. The van der Waals surface area contributed by atoms with Crippen molar-refractivity contribution in [3.63, 3.8) is 0 Å². The normalized spacial score (nSPS) is 43.8. The molecule has 1 aromatic heterocycles. The average molecular weight is 258 g/mol. The van der Waals surface area contributed by atoms with Gasteiger partial charge in [0.05, 0.1) is 0 Å². The second kappa shape index (κ2) is 4.12. The van der Waals surface area contributed by atoms with Gasteiger partial charge in [-0.3, -0.25) is 0 Å². The van der Waals surface area contributed by atoms with Crippen LogP contribution >= 0.6 is 0 Å². The summed E-state index contributed by atoms with van der Waals surface area (Å²) in [6.07, 6.45) is 12.4. The lowest BCUT2D eigenvalue weighted by atomic mass is 9.43. The maximum atomic E-state index is 3.55. The Morgan fingerprint density at radius 2 is 2.05 bits per heavy atom. The third kappa shape index (κ3) is 1.79. The fraction of sp³-hybridized carbons (Fsp3) is 0.765. The third-order valence-corrected chi connectivity index (χ3v) is 6.26. The first-order valence-corrected chi connectivity index (χ1v) is 8.02. The van der Waals surface area contributed by atoms with Crippen LogP contribution in [0.4, 0.5) is 0 Å². The lowest BCUT2D eigenvalue weighted by Crippen LogP contribution is -2.54. The van der Waals surface area contributed by atoms with E-state index in [0.717, 1.165) is 11.8 Å². The molecule has 2 heteroatoms. The first kappa shape index (κ1) is 12.0. The van der Waals surface area contributed by atoms with Crippen molar-refractivity contribution >= 4 is 0 Å². The molecule has 2 atom stereocenters. The van der Waals surface area contributed by atoms with Crippen LogP contribution in [0.1, 0.15) is 50.6 Å². The predicted octanol–water partition coefficient (Wildman–Crippen LogP) is 3.46. The largest absolute Gasteiger partial charge is 0.365 e. The van der Waals surface area contributed by atoms with Gasteiger partial charge in [0.15, 0.2) is 0 Å². The summed E-state index contributed by atoms with van der Waals surface area (Å²) < 4.78 is 0. The molecule has 5 rings (SSSR count). The molecule has 0 saturated heterocycles. The fourth-order valence-corrected chi connectivity index (χ4v) is 6.11. The average Bonchev–Trinajstić information content (AvgIpc) is 2.89. The van der Waals surface area contributed by atoms with Crippen molar-refractivity contribution in [3.8, 4) is 0 Å². The molecule has 0 aromatic carbocycles. The van der Waals surface area contributed by atoms with E-state index in [1.54, 1.807) is 0 Å². The second-order valence-corrected chi connectivity index (χ2v) is 7.68. The summed E-state index contributed by atoms with van der Waals surface area (Å²) in [5, 5.41) is 3.38. The highest BCUT2D eigenvalue weighted by Crippen LogP contribution is 2.66. The number of aromatic nitrogens is 1. The Morgan fingerprint density at radius 3 is 2.68 bits per heavy atom. The minimum atomic E-state index is 0.501. The van der Waals surface area contributed by atoms with E-state index in [2.05, 4.69) is 35.7 Å². The fourth-order valence-electron chi connectivity index (χ4n) is 6.11. The van der Waals surface area contributed by atoms with E-state index in [1.165, 1.54) is 57.2 Å². The molecule has 0 radical (unpaired) electrons. The zero-order chi connectivity index (χ0) is 12.9. The molecule has 0 aliphatic heterocycles. The monoisotopic (exact) mass is 258 g/mol. The highest BCUT2D eigenvalue weighted by Gasteiger charge is 2.57. The number of hydrogen-bond acceptors (Lipinski definition) is 1. The van der Waals surface area contributed by atoms with Crippen molar-refractivity contribution < 1.29 is 0 Å². The van der Waals surface area contributed by atoms with Gasteiger partial charge in [-0.05, 0) is 87.9 Å². The third-order valence-electron chi connectivity index (χ3n) is 6.26. The molecule has 2 N–H and O–H groups in total. The van der Waals surface area contributed by atoms with Gasteiger partial charge in [-0.1, -0.05) is 0 Å². The molecule has 2 nitrogen and oxygen atoms in total. The maximum absolute atomic E-state index is 3.55. The minimum absolute atomic E-state index is 0.501. The molecular formula is C17H26N2. The van der Waals surface area contributed by atoms with E-state index in [0.29, 0.717) is 10.8 Å². The Hall–Kier alpha value is -0.760. The van der Waals surface area contributed by atoms with Crippen LogP contribution in [0.15, 0.2) is 18.3 Å². The van der Waals surface area contributed by atoms with Gasteiger partial charge in [0, 0.05) is 17.3 Å². The van der Waals surface area contributed by atoms with Gasteiger partial charge in [0.2, 0.25) is 0 Å². The summed E-state index contributed by atoms with van der Waals surface area (Å²) in [4.78, 5) is 3.55. The van der Waals surface area contributed by atoms with Gasteiger partial charge >= 0.3 is 0 Å². The van der Waals surface area contributed by atoms with Gasteiger partial charge in [0.25, 0.3) is 0 Å². The smallest absolute Gasteiger partial charge is 0.0210 e. The van der Waals surface area contributed by atoms with Crippen molar-refractivity contribution in [2.45, 2.75) is 50.4 Å². The summed E-state index contributed by atoms with van der Waals surface area (Å²) in [5.74, 6) is 2.00. The Kier molecular flexibility index (Phi) is 2.60. The number of hydrogen-bond donors (Lipinski definition) is 2. The van der Waals surface area contributed by atoms with Gasteiger partial charge in [-0.15, -0.1) is 0 Å². The standard InChI is InChI=1S/C17H26N2/c1-18-6-4-16-8-13-7-14(9-16)11-17(10-13,12-16)15-3-2-5-19-15/h2-3,5,13-14,18-19H,4,6-12H2,1H3. The molecule has 19 heavy (non-hydrogen) atoms. The number of H-pyrrole nitrogens is 1. The number of nitrogens with one attached hydrogen (secondary N) is 2. The second-order valence-electron chi connectivity index (χ2n) is 7.68. The highest BCUT2D eigenvalue weighted by molar-refractivity contribution is 5.25. The van der Waals surface area contributed by atoms with Crippen LogP contribution in [-0.4, -0.2) is 18.6 Å². The molecule has 4 bridgehead atoms. The Morgan fingerprint density at radius 1 is 1.26 bits per heavy atom. The van der Waals surface area contributed by atoms with Crippen LogP contribution in [0.25, 0.3) is 0 Å². The number of rotatable bonds is 4. The van der Waals surface area contributed by atoms with E-state index >= 15 is 0 Å². The van der Waals surface area contributed by atoms with E-state index in [-0.39, 0.29) is 0 Å². The van der Waals surface area contributed by atoms with E-state index < -0.39 is 0 Å². The van der Waals surface area contributed by atoms with Crippen molar-refractivity contribution in [2.24, 2.45) is 17.3 Å². The Labute approximate surface area is 116 Å². The van der Waals surface area contributed by atoms with Gasteiger partial charge in [0.1, 0.15) is 0 Å². The quantitative estimate of drug-likeness (QED) is 0.850. The number of aromatic amines is 1. The molecule has 0 amide bonds. The molecule has 1 aromatic rings. The van der Waals surface area contributed by atoms with Crippen LogP contribution in [-0.2, 0) is 5.41 Å². The predicted molar refractivity (Wildman–Crippen MR) is 78.1 cm³/mol. The van der Waals surface area contributed by atoms with Gasteiger partial charge in [-0.25, -0.2) is 0 Å². The zero-order valence-corrected chi connectivity index (χ0v) is 12.0.